The van der Waals surface area contributed by atoms with Crippen LogP contribution in [0.3, 0.4) is 0 Å². The number of aliphatic hydroxyl groups is 1. The fraction of sp³-hybridized carbons (Fsp3) is 0.583. The van der Waals surface area contributed by atoms with Crippen LogP contribution in [0, 0.1) is 0 Å². The van der Waals surface area contributed by atoms with Crippen molar-refractivity contribution in [2.45, 2.75) is 39.3 Å². The molecular weight excluding hydrogens is 204 g/mol. The zero-order chi connectivity index (χ0) is 12.3. The summed E-state index contributed by atoms with van der Waals surface area (Å²) in [5.74, 6) is -0.152. The molecule has 0 bridgehead atoms. The third kappa shape index (κ3) is 3.38. The Hall–Kier alpha value is -1.29. The summed E-state index contributed by atoms with van der Waals surface area (Å²) < 4.78 is 1.90. The molecule has 0 aromatic carbocycles. The Morgan fingerprint density at radius 3 is 2.69 bits per heavy atom. The highest BCUT2D eigenvalue weighted by molar-refractivity contribution is 5.92. The molecule has 0 aliphatic heterocycles. The summed E-state index contributed by atoms with van der Waals surface area (Å²) >= 11 is 0. The number of nitrogens with zero attached hydrogens (tertiary/aromatic N) is 1. The van der Waals surface area contributed by atoms with Crippen molar-refractivity contribution in [3.8, 4) is 0 Å². The first-order valence-corrected chi connectivity index (χ1v) is 5.48. The highest BCUT2D eigenvalue weighted by Crippen LogP contribution is 2.10. The molecule has 2 N–H and O–H groups in total. The van der Waals surface area contributed by atoms with Gasteiger partial charge in [-0.15, -0.1) is 0 Å². The summed E-state index contributed by atoms with van der Waals surface area (Å²) in [6.07, 6.45) is 1.88. The third-order valence-corrected chi connectivity index (χ3v) is 2.25. The Morgan fingerprint density at radius 2 is 2.19 bits per heavy atom. The predicted octanol–water partition coefficient (Wildman–Crippen LogP) is 1.57. The van der Waals surface area contributed by atoms with Crippen LogP contribution >= 0.6 is 0 Å². The van der Waals surface area contributed by atoms with Crippen LogP contribution in [0.5, 0.6) is 0 Å². The van der Waals surface area contributed by atoms with Crippen molar-refractivity contribution >= 4 is 5.91 Å². The SMILES string of the molecule is CC(C)n1cccc1C(=O)NCC(C)(C)O. The highest BCUT2D eigenvalue weighted by Gasteiger charge is 2.17. The molecule has 0 atom stereocenters. The van der Waals surface area contributed by atoms with E-state index in [0.29, 0.717) is 5.69 Å². The van der Waals surface area contributed by atoms with E-state index in [4.69, 9.17) is 0 Å². The number of carbonyl (C=O) groups excluding carboxylic acids is 1. The first-order valence-electron chi connectivity index (χ1n) is 5.48. The van der Waals surface area contributed by atoms with Gasteiger partial charge in [-0.1, -0.05) is 0 Å². The Morgan fingerprint density at radius 1 is 1.56 bits per heavy atom. The second-order valence-corrected chi connectivity index (χ2v) is 4.89. The third-order valence-electron chi connectivity index (χ3n) is 2.25. The molecule has 1 amide bonds. The molecule has 0 saturated carbocycles. The molecule has 0 saturated heterocycles. The van der Waals surface area contributed by atoms with Crippen molar-refractivity contribution in [3.05, 3.63) is 24.0 Å². The van der Waals surface area contributed by atoms with Crippen molar-refractivity contribution in [3.63, 3.8) is 0 Å². The van der Waals surface area contributed by atoms with Gasteiger partial charge >= 0.3 is 0 Å². The van der Waals surface area contributed by atoms with E-state index in [1.54, 1.807) is 19.9 Å². The van der Waals surface area contributed by atoms with E-state index in [9.17, 15) is 9.90 Å². The van der Waals surface area contributed by atoms with E-state index in [2.05, 4.69) is 5.32 Å². The maximum atomic E-state index is 11.8. The number of hydrogen-bond acceptors (Lipinski definition) is 2. The minimum atomic E-state index is -0.884. The molecule has 1 aromatic rings. The summed E-state index contributed by atoms with van der Waals surface area (Å²) in [6.45, 7) is 7.61. The fourth-order valence-corrected chi connectivity index (χ4v) is 1.42. The van der Waals surface area contributed by atoms with Crippen molar-refractivity contribution < 1.29 is 9.90 Å². The van der Waals surface area contributed by atoms with Crippen LogP contribution in [0.15, 0.2) is 18.3 Å². The quantitative estimate of drug-likeness (QED) is 0.815. The van der Waals surface area contributed by atoms with Crippen LogP contribution in [0.2, 0.25) is 0 Å². The first kappa shape index (κ1) is 12.8. The number of amides is 1. The second kappa shape index (κ2) is 4.70. The van der Waals surface area contributed by atoms with Crippen LogP contribution in [0.25, 0.3) is 0 Å². The summed E-state index contributed by atoms with van der Waals surface area (Å²) in [6, 6.07) is 3.87. The van der Waals surface area contributed by atoms with Gasteiger partial charge in [-0.25, -0.2) is 0 Å². The standard InChI is InChI=1S/C12H20N2O2/c1-9(2)14-7-5-6-10(14)11(15)13-8-12(3,4)16/h5-7,9,16H,8H2,1-4H3,(H,13,15). The number of rotatable bonds is 4. The van der Waals surface area contributed by atoms with Crippen molar-refractivity contribution in [2.24, 2.45) is 0 Å². The zero-order valence-electron chi connectivity index (χ0n) is 10.3. The first-order chi connectivity index (χ1) is 7.31. The Bertz CT molecular complexity index is 361. The largest absolute Gasteiger partial charge is 0.389 e. The van der Waals surface area contributed by atoms with Gasteiger partial charge in [0, 0.05) is 18.8 Å². The monoisotopic (exact) mass is 224 g/mol. The smallest absolute Gasteiger partial charge is 0.268 e. The second-order valence-electron chi connectivity index (χ2n) is 4.89. The minimum absolute atomic E-state index is 0.152. The molecule has 0 radical (unpaired) electrons. The number of nitrogens with one attached hydrogen (secondary N) is 1. The van der Waals surface area contributed by atoms with Gasteiger partial charge in [0.15, 0.2) is 0 Å². The summed E-state index contributed by atoms with van der Waals surface area (Å²) in [5, 5.41) is 12.2. The van der Waals surface area contributed by atoms with Crippen LogP contribution in [0.4, 0.5) is 0 Å². The summed E-state index contributed by atoms with van der Waals surface area (Å²) in [7, 11) is 0. The minimum Gasteiger partial charge on any atom is -0.389 e. The van der Waals surface area contributed by atoms with E-state index in [-0.39, 0.29) is 18.5 Å². The maximum Gasteiger partial charge on any atom is 0.268 e. The average molecular weight is 224 g/mol. The van der Waals surface area contributed by atoms with Crippen molar-refractivity contribution in [2.75, 3.05) is 6.54 Å². The lowest BCUT2D eigenvalue weighted by atomic mass is 10.1. The Kier molecular flexibility index (Phi) is 3.75. The van der Waals surface area contributed by atoms with E-state index in [0.717, 1.165) is 0 Å². The van der Waals surface area contributed by atoms with E-state index in [1.165, 1.54) is 0 Å². The molecule has 0 fully saturated rings. The molecule has 0 aliphatic rings. The van der Waals surface area contributed by atoms with Crippen LogP contribution < -0.4 is 5.32 Å². The van der Waals surface area contributed by atoms with Gasteiger partial charge in [0.25, 0.3) is 5.91 Å². The van der Waals surface area contributed by atoms with E-state index >= 15 is 0 Å². The number of carbonyl (C=O) groups is 1. The molecule has 1 heterocycles. The lowest BCUT2D eigenvalue weighted by Gasteiger charge is -2.18. The average Bonchev–Trinajstić information content (AvgIpc) is 2.61. The molecular formula is C12H20N2O2. The Balaban J connectivity index is 2.70. The van der Waals surface area contributed by atoms with Crippen molar-refractivity contribution in [1.29, 1.82) is 0 Å². The van der Waals surface area contributed by atoms with Gasteiger partial charge in [0.05, 0.1) is 5.60 Å². The van der Waals surface area contributed by atoms with Crippen LogP contribution in [0.1, 0.15) is 44.2 Å². The molecule has 4 heteroatoms. The van der Waals surface area contributed by atoms with Gasteiger partial charge in [0.2, 0.25) is 0 Å². The van der Waals surface area contributed by atoms with Gasteiger partial charge in [0.1, 0.15) is 5.69 Å². The van der Waals surface area contributed by atoms with E-state index in [1.807, 2.05) is 30.7 Å². The van der Waals surface area contributed by atoms with Crippen molar-refractivity contribution in [1.82, 2.24) is 9.88 Å². The molecule has 90 valence electrons. The van der Waals surface area contributed by atoms with Crippen LogP contribution in [-0.2, 0) is 0 Å². The molecule has 4 nitrogen and oxygen atoms in total. The molecule has 0 aliphatic carbocycles. The normalized spacial score (nSPS) is 11.9. The lowest BCUT2D eigenvalue weighted by molar-refractivity contribution is 0.0689. The number of hydrogen-bond donors (Lipinski definition) is 2. The van der Waals surface area contributed by atoms with Gasteiger partial charge in [-0.05, 0) is 39.8 Å². The predicted molar refractivity (Wildman–Crippen MR) is 63.4 cm³/mol. The van der Waals surface area contributed by atoms with Gasteiger partial charge in [-0.3, -0.25) is 4.79 Å². The van der Waals surface area contributed by atoms with Gasteiger partial charge in [-0.2, -0.15) is 0 Å². The molecule has 1 rings (SSSR count). The number of aromatic nitrogens is 1. The molecule has 0 unspecified atom stereocenters. The molecule has 0 spiro atoms. The van der Waals surface area contributed by atoms with Gasteiger partial charge < -0.3 is 15.0 Å². The highest BCUT2D eigenvalue weighted by atomic mass is 16.3. The Labute approximate surface area is 96.3 Å². The van der Waals surface area contributed by atoms with E-state index < -0.39 is 5.60 Å². The summed E-state index contributed by atoms with van der Waals surface area (Å²) in [4.78, 5) is 11.8. The maximum absolute atomic E-state index is 11.8. The summed E-state index contributed by atoms with van der Waals surface area (Å²) in [5.41, 5.74) is -0.260. The molecule has 16 heavy (non-hydrogen) atoms. The molecule has 1 aromatic heterocycles. The zero-order valence-corrected chi connectivity index (χ0v) is 10.3. The fourth-order valence-electron chi connectivity index (χ4n) is 1.42. The van der Waals surface area contributed by atoms with Crippen LogP contribution in [-0.4, -0.2) is 27.7 Å². The topological polar surface area (TPSA) is 54.3 Å². The lowest BCUT2D eigenvalue weighted by Crippen LogP contribution is -2.38.